The predicted octanol–water partition coefficient (Wildman–Crippen LogP) is 7.35. The lowest BCUT2D eigenvalue weighted by Gasteiger charge is -2.05. The molecule has 1 rings (SSSR count). The summed E-state index contributed by atoms with van der Waals surface area (Å²) >= 11 is 0. The van der Waals surface area contributed by atoms with Crippen LogP contribution in [-0.4, -0.2) is 10.9 Å². The molecule has 0 spiro atoms. The Kier molecular flexibility index (Phi) is 13.2. The largest absolute Gasteiger partial charge is 0.411 e. The van der Waals surface area contributed by atoms with Gasteiger partial charge in [-0.1, -0.05) is 119 Å². The van der Waals surface area contributed by atoms with Gasteiger partial charge in [-0.25, -0.2) is 0 Å². The van der Waals surface area contributed by atoms with Crippen molar-refractivity contribution in [2.24, 2.45) is 5.16 Å². The Morgan fingerprint density at radius 2 is 1.17 bits per heavy atom. The average Bonchev–Trinajstić information content (AvgIpc) is 2.63. The lowest BCUT2D eigenvalue weighted by Crippen LogP contribution is -2.00. The number of unbranched alkanes of at least 4 members (excludes halogenated alkanes) is 12. The normalized spacial score (nSPS) is 11.8. The molecule has 0 aromatic heterocycles. The van der Waals surface area contributed by atoms with E-state index in [1.165, 1.54) is 77.0 Å². The van der Waals surface area contributed by atoms with Crippen LogP contribution < -0.4 is 0 Å². The fourth-order valence-electron chi connectivity index (χ4n) is 3.19. The van der Waals surface area contributed by atoms with Crippen LogP contribution in [0.15, 0.2) is 35.5 Å². The summed E-state index contributed by atoms with van der Waals surface area (Å²) in [6.07, 6.45) is 18.6. The number of rotatable bonds is 15. The van der Waals surface area contributed by atoms with E-state index >= 15 is 0 Å². The first-order valence-corrected chi connectivity index (χ1v) is 10.1. The van der Waals surface area contributed by atoms with Gasteiger partial charge in [0.1, 0.15) is 0 Å². The highest BCUT2D eigenvalue weighted by Crippen LogP contribution is 2.14. The third-order valence-corrected chi connectivity index (χ3v) is 4.74. The van der Waals surface area contributed by atoms with Crippen LogP contribution in [-0.2, 0) is 0 Å². The van der Waals surface area contributed by atoms with Crippen LogP contribution in [0.3, 0.4) is 0 Å². The summed E-state index contributed by atoms with van der Waals surface area (Å²) in [5.74, 6) is 0. The van der Waals surface area contributed by atoms with Crippen molar-refractivity contribution in [1.29, 1.82) is 0 Å². The maximum Gasteiger partial charge on any atom is 0.0867 e. The Bertz CT molecular complexity index is 413. The Hall–Kier alpha value is -1.31. The molecule has 0 fully saturated rings. The molecule has 0 radical (unpaired) electrons. The van der Waals surface area contributed by atoms with Gasteiger partial charge >= 0.3 is 0 Å². The van der Waals surface area contributed by atoms with Crippen molar-refractivity contribution < 1.29 is 5.21 Å². The van der Waals surface area contributed by atoms with Crippen molar-refractivity contribution in [2.45, 2.75) is 96.8 Å². The maximum atomic E-state index is 9.16. The van der Waals surface area contributed by atoms with Gasteiger partial charge in [0.25, 0.3) is 0 Å². The second-order valence-electron chi connectivity index (χ2n) is 6.91. The summed E-state index contributed by atoms with van der Waals surface area (Å²) in [5.41, 5.74) is 1.86. The summed E-state index contributed by atoms with van der Waals surface area (Å²) in [6.45, 7) is 2.28. The molecule has 0 amide bonds. The zero-order valence-corrected chi connectivity index (χ0v) is 15.7. The lowest BCUT2D eigenvalue weighted by atomic mass is 10.0. The van der Waals surface area contributed by atoms with E-state index in [1.807, 2.05) is 30.3 Å². The van der Waals surface area contributed by atoms with Crippen molar-refractivity contribution in [2.75, 3.05) is 0 Å². The van der Waals surface area contributed by atoms with E-state index in [1.54, 1.807) is 0 Å². The van der Waals surface area contributed by atoms with E-state index in [0.29, 0.717) is 0 Å². The number of hydrogen-bond acceptors (Lipinski definition) is 2. The van der Waals surface area contributed by atoms with Crippen LogP contribution in [0.5, 0.6) is 0 Å². The van der Waals surface area contributed by atoms with E-state index in [0.717, 1.165) is 24.1 Å². The zero-order chi connectivity index (χ0) is 17.3. The SMILES string of the molecule is CCCCCCCCCCCCCCCC(=NO)c1ccccc1. The van der Waals surface area contributed by atoms with Crippen LogP contribution in [0.25, 0.3) is 0 Å². The fraction of sp³-hybridized carbons (Fsp3) is 0.682. The minimum absolute atomic E-state index is 0.818. The highest BCUT2D eigenvalue weighted by atomic mass is 16.4. The molecule has 0 unspecified atom stereocenters. The van der Waals surface area contributed by atoms with E-state index in [9.17, 15) is 0 Å². The van der Waals surface area contributed by atoms with Crippen LogP contribution in [0.1, 0.15) is 102 Å². The molecule has 0 aliphatic heterocycles. The van der Waals surface area contributed by atoms with Gasteiger partial charge in [0.15, 0.2) is 0 Å². The first-order valence-electron chi connectivity index (χ1n) is 10.1. The van der Waals surface area contributed by atoms with E-state index in [-0.39, 0.29) is 0 Å². The second kappa shape index (κ2) is 15.2. The smallest absolute Gasteiger partial charge is 0.0867 e. The van der Waals surface area contributed by atoms with E-state index in [2.05, 4.69) is 12.1 Å². The number of hydrogen-bond donors (Lipinski definition) is 1. The van der Waals surface area contributed by atoms with Crippen molar-refractivity contribution in [3.63, 3.8) is 0 Å². The second-order valence-corrected chi connectivity index (χ2v) is 6.91. The Morgan fingerprint density at radius 1 is 0.708 bits per heavy atom. The summed E-state index contributed by atoms with van der Waals surface area (Å²) in [5, 5.41) is 12.6. The first kappa shape index (κ1) is 20.7. The van der Waals surface area contributed by atoms with Crippen LogP contribution >= 0.6 is 0 Å². The van der Waals surface area contributed by atoms with E-state index < -0.39 is 0 Å². The van der Waals surface area contributed by atoms with Crippen molar-refractivity contribution in [1.82, 2.24) is 0 Å². The summed E-state index contributed by atoms with van der Waals surface area (Å²) in [7, 11) is 0. The summed E-state index contributed by atoms with van der Waals surface area (Å²) in [6, 6.07) is 9.99. The Balaban J connectivity index is 1.90. The van der Waals surface area contributed by atoms with Gasteiger partial charge in [-0.2, -0.15) is 0 Å². The standard InChI is InChI=1S/C22H37NO/c1-2-3-4-5-6-7-8-9-10-11-12-13-17-20-22(23-24)21-18-15-14-16-19-21/h14-16,18-19,24H,2-13,17,20H2,1H3. The minimum Gasteiger partial charge on any atom is -0.411 e. The van der Waals surface area contributed by atoms with Gasteiger partial charge in [-0.05, 0) is 18.4 Å². The molecule has 0 aliphatic carbocycles. The summed E-state index contributed by atoms with van der Waals surface area (Å²) < 4.78 is 0. The van der Waals surface area contributed by atoms with Gasteiger partial charge in [-0.15, -0.1) is 0 Å². The molecule has 24 heavy (non-hydrogen) atoms. The topological polar surface area (TPSA) is 32.6 Å². The molecule has 0 saturated heterocycles. The molecule has 136 valence electrons. The summed E-state index contributed by atoms with van der Waals surface area (Å²) in [4.78, 5) is 0. The molecule has 1 aromatic carbocycles. The van der Waals surface area contributed by atoms with E-state index in [4.69, 9.17) is 5.21 Å². The highest BCUT2D eigenvalue weighted by Gasteiger charge is 2.03. The maximum absolute atomic E-state index is 9.16. The molecule has 1 aromatic rings. The molecular weight excluding hydrogens is 294 g/mol. The number of oxime groups is 1. The predicted molar refractivity (Wildman–Crippen MR) is 105 cm³/mol. The van der Waals surface area contributed by atoms with Gasteiger partial charge < -0.3 is 5.21 Å². The van der Waals surface area contributed by atoms with Crippen molar-refractivity contribution in [3.8, 4) is 0 Å². The van der Waals surface area contributed by atoms with Gasteiger partial charge in [0, 0.05) is 0 Å². The average molecular weight is 332 g/mol. The fourth-order valence-corrected chi connectivity index (χ4v) is 3.19. The number of nitrogens with zero attached hydrogens (tertiary/aromatic N) is 1. The minimum atomic E-state index is 0.818. The molecule has 2 nitrogen and oxygen atoms in total. The molecule has 2 heteroatoms. The third-order valence-electron chi connectivity index (χ3n) is 4.74. The first-order chi connectivity index (χ1) is 11.9. The molecule has 0 heterocycles. The third kappa shape index (κ3) is 10.5. The van der Waals surface area contributed by atoms with Crippen LogP contribution in [0.4, 0.5) is 0 Å². The molecule has 0 aliphatic rings. The molecular formula is C22H37NO. The Labute approximate surface area is 149 Å². The van der Waals surface area contributed by atoms with Gasteiger partial charge in [-0.3, -0.25) is 0 Å². The molecule has 0 atom stereocenters. The lowest BCUT2D eigenvalue weighted by molar-refractivity contribution is 0.317. The Morgan fingerprint density at radius 3 is 1.62 bits per heavy atom. The van der Waals surface area contributed by atoms with Crippen molar-refractivity contribution >= 4 is 5.71 Å². The van der Waals surface area contributed by atoms with Crippen molar-refractivity contribution in [3.05, 3.63) is 35.9 Å². The number of benzene rings is 1. The molecule has 1 N–H and O–H groups in total. The van der Waals surface area contributed by atoms with Gasteiger partial charge in [0.2, 0.25) is 0 Å². The quantitative estimate of drug-likeness (QED) is 0.155. The monoisotopic (exact) mass is 331 g/mol. The van der Waals surface area contributed by atoms with Crippen LogP contribution in [0.2, 0.25) is 0 Å². The van der Waals surface area contributed by atoms with Crippen LogP contribution in [0, 0.1) is 0 Å². The molecule has 0 saturated carbocycles. The molecule has 0 bridgehead atoms. The van der Waals surface area contributed by atoms with Gasteiger partial charge in [0.05, 0.1) is 5.71 Å². The zero-order valence-electron chi connectivity index (χ0n) is 15.7. The highest BCUT2D eigenvalue weighted by molar-refractivity contribution is 6.00.